The Bertz CT molecular complexity index is 557. The third-order valence-electron chi connectivity index (χ3n) is 2.27. The molecule has 2 rings (SSSR count). The normalized spacial score (nSPS) is 10.0. The molecule has 0 atom stereocenters. The lowest BCUT2D eigenvalue weighted by Crippen LogP contribution is -2.15. The fourth-order valence-corrected chi connectivity index (χ4v) is 1.36. The van der Waals surface area contributed by atoms with Gasteiger partial charge in [-0.2, -0.15) is 4.39 Å². The number of carbonyl (C=O) groups is 1. The Hall–Kier alpha value is -2.30. The van der Waals surface area contributed by atoms with Crippen LogP contribution in [0.5, 0.6) is 0 Å². The van der Waals surface area contributed by atoms with Gasteiger partial charge >= 0.3 is 0 Å². The second-order valence-corrected chi connectivity index (χ2v) is 3.49. The number of hydrogen-bond acceptors (Lipinski definition) is 3. The zero-order valence-corrected chi connectivity index (χ0v) is 9.14. The van der Waals surface area contributed by atoms with Crippen LogP contribution in [0, 0.1) is 12.9 Å². The number of aromatic nitrogens is 2. The van der Waals surface area contributed by atoms with Crippen LogP contribution in [0.15, 0.2) is 36.8 Å². The van der Waals surface area contributed by atoms with E-state index in [1.54, 1.807) is 18.5 Å². The summed E-state index contributed by atoms with van der Waals surface area (Å²) in [6, 6.07) is 4.55. The molecule has 86 valence electrons. The van der Waals surface area contributed by atoms with E-state index in [2.05, 4.69) is 15.3 Å². The summed E-state index contributed by atoms with van der Waals surface area (Å²) in [6.45, 7) is 1.81. The van der Waals surface area contributed by atoms with Gasteiger partial charge in [-0.05, 0) is 30.7 Å². The number of anilines is 1. The second kappa shape index (κ2) is 4.69. The highest BCUT2D eigenvalue weighted by molar-refractivity contribution is 6.04. The molecule has 5 heteroatoms. The first-order valence-electron chi connectivity index (χ1n) is 5.01. The van der Waals surface area contributed by atoms with Gasteiger partial charge in [-0.25, -0.2) is 4.98 Å². The summed E-state index contributed by atoms with van der Waals surface area (Å²) >= 11 is 0. The van der Waals surface area contributed by atoms with E-state index in [1.165, 1.54) is 18.3 Å². The molecular formula is C12H10FN3O. The van der Waals surface area contributed by atoms with E-state index >= 15 is 0 Å². The van der Waals surface area contributed by atoms with Crippen LogP contribution in [-0.4, -0.2) is 15.9 Å². The molecule has 1 N–H and O–H groups in total. The number of nitrogens with one attached hydrogen (secondary N) is 1. The van der Waals surface area contributed by atoms with Gasteiger partial charge in [0.1, 0.15) is 0 Å². The highest BCUT2D eigenvalue weighted by Crippen LogP contribution is 2.13. The number of aryl methyl sites for hydroxylation is 1. The lowest BCUT2D eigenvalue weighted by Gasteiger charge is -2.07. The Morgan fingerprint density at radius 3 is 2.88 bits per heavy atom. The summed E-state index contributed by atoms with van der Waals surface area (Å²) < 4.78 is 13.3. The lowest BCUT2D eigenvalue weighted by atomic mass is 10.2. The average Bonchev–Trinajstić information content (AvgIpc) is 2.32. The van der Waals surface area contributed by atoms with Crippen LogP contribution in [0.2, 0.25) is 0 Å². The van der Waals surface area contributed by atoms with Crippen LogP contribution >= 0.6 is 0 Å². The van der Waals surface area contributed by atoms with E-state index in [9.17, 15) is 9.18 Å². The fraction of sp³-hybridized carbons (Fsp3) is 0.0833. The van der Waals surface area contributed by atoms with Crippen molar-refractivity contribution < 1.29 is 9.18 Å². The number of carbonyl (C=O) groups excluding carboxylic acids is 1. The maximum atomic E-state index is 13.3. The molecule has 17 heavy (non-hydrogen) atoms. The third kappa shape index (κ3) is 2.44. The SMILES string of the molecule is Cc1cnccc1NC(=O)c1cccnc1F. The summed E-state index contributed by atoms with van der Waals surface area (Å²) in [5, 5.41) is 2.61. The van der Waals surface area contributed by atoms with Gasteiger partial charge < -0.3 is 5.32 Å². The van der Waals surface area contributed by atoms with Crippen molar-refractivity contribution in [2.24, 2.45) is 0 Å². The number of nitrogens with zero attached hydrogens (tertiary/aromatic N) is 2. The first-order chi connectivity index (χ1) is 8.18. The Morgan fingerprint density at radius 2 is 2.18 bits per heavy atom. The molecule has 2 aromatic rings. The van der Waals surface area contributed by atoms with Gasteiger partial charge in [0.25, 0.3) is 5.91 Å². The molecule has 1 amide bonds. The van der Waals surface area contributed by atoms with Crippen molar-refractivity contribution in [1.82, 2.24) is 9.97 Å². The summed E-state index contributed by atoms with van der Waals surface area (Å²) in [5.41, 5.74) is 1.34. The molecular weight excluding hydrogens is 221 g/mol. The predicted octanol–water partition coefficient (Wildman–Crippen LogP) is 2.18. The van der Waals surface area contributed by atoms with Crippen LogP contribution in [0.1, 0.15) is 15.9 Å². The summed E-state index contributed by atoms with van der Waals surface area (Å²) in [4.78, 5) is 19.1. The summed E-state index contributed by atoms with van der Waals surface area (Å²) in [5.74, 6) is -1.30. The van der Waals surface area contributed by atoms with Crippen molar-refractivity contribution in [3.63, 3.8) is 0 Å². The molecule has 0 aromatic carbocycles. The van der Waals surface area contributed by atoms with Gasteiger partial charge in [-0.3, -0.25) is 9.78 Å². The number of amides is 1. The summed E-state index contributed by atoms with van der Waals surface area (Å²) in [7, 11) is 0. The van der Waals surface area contributed by atoms with Gasteiger partial charge in [0, 0.05) is 24.3 Å². The Morgan fingerprint density at radius 1 is 1.35 bits per heavy atom. The number of hydrogen-bond donors (Lipinski definition) is 1. The van der Waals surface area contributed by atoms with E-state index in [4.69, 9.17) is 0 Å². The van der Waals surface area contributed by atoms with Gasteiger partial charge in [0.05, 0.1) is 5.56 Å². The Balaban J connectivity index is 2.24. The highest BCUT2D eigenvalue weighted by Gasteiger charge is 2.12. The molecule has 0 aliphatic carbocycles. The van der Waals surface area contributed by atoms with Crippen molar-refractivity contribution in [2.45, 2.75) is 6.92 Å². The zero-order valence-electron chi connectivity index (χ0n) is 9.14. The average molecular weight is 231 g/mol. The van der Waals surface area contributed by atoms with Crippen molar-refractivity contribution in [1.29, 1.82) is 0 Å². The van der Waals surface area contributed by atoms with E-state index in [1.807, 2.05) is 6.92 Å². The number of halogens is 1. The minimum atomic E-state index is -0.781. The van der Waals surface area contributed by atoms with Crippen LogP contribution in [0.3, 0.4) is 0 Å². The predicted molar refractivity (Wildman–Crippen MR) is 61.1 cm³/mol. The number of pyridine rings is 2. The largest absolute Gasteiger partial charge is 0.321 e. The monoisotopic (exact) mass is 231 g/mol. The Kier molecular flexibility index (Phi) is 3.09. The maximum absolute atomic E-state index is 13.3. The highest BCUT2D eigenvalue weighted by atomic mass is 19.1. The minimum absolute atomic E-state index is 0.0799. The van der Waals surface area contributed by atoms with Crippen LogP contribution in [0.4, 0.5) is 10.1 Å². The van der Waals surface area contributed by atoms with Gasteiger partial charge in [-0.1, -0.05) is 0 Å². The van der Waals surface area contributed by atoms with Gasteiger partial charge in [0.15, 0.2) is 0 Å². The Labute approximate surface area is 97.5 Å². The quantitative estimate of drug-likeness (QED) is 0.806. The first-order valence-corrected chi connectivity index (χ1v) is 5.01. The smallest absolute Gasteiger partial charge is 0.260 e. The molecule has 0 saturated heterocycles. The van der Waals surface area contributed by atoms with E-state index in [0.29, 0.717) is 5.69 Å². The van der Waals surface area contributed by atoms with Crippen molar-refractivity contribution in [2.75, 3.05) is 5.32 Å². The standard InChI is InChI=1S/C12H10FN3O/c1-8-7-14-6-4-10(8)16-12(17)9-3-2-5-15-11(9)13/h2-7H,1H3,(H,14,16,17). The number of rotatable bonds is 2. The molecule has 0 unspecified atom stereocenters. The molecule has 2 aromatic heterocycles. The molecule has 4 nitrogen and oxygen atoms in total. The lowest BCUT2D eigenvalue weighted by molar-refractivity contribution is 0.102. The van der Waals surface area contributed by atoms with E-state index in [0.717, 1.165) is 5.56 Å². The second-order valence-electron chi connectivity index (χ2n) is 3.49. The van der Waals surface area contributed by atoms with Gasteiger partial charge in [-0.15, -0.1) is 0 Å². The fourth-order valence-electron chi connectivity index (χ4n) is 1.36. The topological polar surface area (TPSA) is 54.9 Å². The molecule has 2 heterocycles. The molecule has 0 aliphatic rings. The van der Waals surface area contributed by atoms with Crippen LogP contribution in [-0.2, 0) is 0 Å². The molecule has 0 aliphatic heterocycles. The van der Waals surface area contributed by atoms with E-state index < -0.39 is 11.9 Å². The molecule has 0 radical (unpaired) electrons. The zero-order chi connectivity index (χ0) is 12.3. The molecule has 0 saturated carbocycles. The summed E-state index contributed by atoms with van der Waals surface area (Å²) in [6.07, 6.45) is 4.47. The molecule has 0 bridgehead atoms. The molecule has 0 spiro atoms. The van der Waals surface area contributed by atoms with Crippen LogP contribution in [0.25, 0.3) is 0 Å². The van der Waals surface area contributed by atoms with Gasteiger partial charge in [0.2, 0.25) is 5.95 Å². The van der Waals surface area contributed by atoms with E-state index in [-0.39, 0.29) is 5.56 Å². The third-order valence-corrected chi connectivity index (χ3v) is 2.27. The van der Waals surface area contributed by atoms with Crippen molar-refractivity contribution >= 4 is 11.6 Å². The first kappa shape index (κ1) is 11.2. The van der Waals surface area contributed by atoms with Crippen molar-refractivity contribution in [3.8, 4) is 0 Å². The van der Waals surface area contributed by atoms with Crippen LogP contribution < -0.4 is 5.32 Å². The molecule has 0 fully saturated rings. The maximum Gasteiger partial charge on any atom is 0.260 e. The van der Waals surface area contributed by atoms with Crippen molar-refractivity contribution in [3.05, 3.63) is 53.9 Å². The minimum Gasteiger partial charge on any atom is -0.321 e.